The largest absolute Gasteiger partial charge is 0.355 e. The second kappa shape index (κ2) is 11.4. The summed E-state index contributed by atoms with van der Waals surface area (Å²) < 4.78 is 15.0. The van der Waals surface area contributed by atoms with E-state index >= 15 is 0 Å². The fraction of sp³-hybridized carbons (Fsp3) is 0.375. The first-order valence-corrected chi connectivity index (χ1v) is 7.99. The zero-order valence-corrected chi connectivity index (χ0v) is 17.0. The molecule has 0 unspecified atom stereocenters. The lowest BCUT2D eigenvalue weighted by Crippen LogP contribution is -2.42. The van der Waals surface area contributed by atoms with Gasteiger partial charge in [0.25, 0.3) is 0 Å². The van der Waals surface area contributed by atoms with Gasteiger partial charge in [0.05, 0.1) is 6.54 Å². The van der Waals surface area contributed by atoms with Crippen molar-refractivity contribution in [1.29, 1.82) is 0 Å². The van der Waals surface area contributed by atoms with Gasteiger partial charge in [-0.3, -0.25) is 9.79 Å². The first kappa shape index (κ1) is 21.8. The number of hydrogen-bond donors (Lipinski definition) is 3. The number of nitrogens with zero attached hydrogens (tertiary/aromatic N) is 4. The maximum atomic E-state index is 13.1. The molecule has 1 heterocycles. The molecule has 26 heavy (non-hydrogen) atoms. The van der Waals surface area contributed by atoms with E-state index in [2.05, 4.69) is 31.1 Å². The fourth-order valence-electron chi connectivity index (χ4n) is 2.19. The molecule has 2 aromatic rings. The van der Waals surface area contributed by atoms with Gasteiger partial charge in [-0.05, 0) is 18.2 Å². The fourth-order valence-corrected chi connectivity index (χ4v) is 2.19. The van der Waals surface area contributed by atoms with Crippen LogP contribution in [0.5, 0.6) is 0 Å². The van der Waals surface area contributed by atoms with Gasteiger partial charge in [0.15, 0.2) is 5.96 Å². The lowest BCUT2D eigenvalue weighted by Gasteiger charge is -2.12. The molecule has 0 saturated carbocycles. The Morgan fingerprint density at radius 3 is 2.85 bits per heavy atom. The van der Waals surface area contributed by atoms with Gasteiger partial charge in [0, 0.05) is 32.2 Å². The molecule has 8 nitrogen and oxygen atoms in total. The van der Waals surface area contributed by atoms with E-state index in [1.54, 1.807) is 19.4 Å². The Labute approximate surface area is 168 Å². The molecule has 2 rings (SSSR count). The van der Waals surface area contributed by atoms with Crippen LogP contribution in [-0.2, 0) is 17.8 Å². The molecule has 0 fully saturated rings. The number of carbonyl (C=O) groups excluding carboxylic acids is 1. The number of nitrogens with one attached hydrogen (secondary N) is 3. The number of guanidine groups is 1. The minimum absolute atomic E-state index is 0. The Hall–Kier alpha value is -2.24. The molecule has 1 amide bonds. The zero-order chi connectivity index (χ0) is 18.1. The van der Waals surface area contributed by atoms with E-state index in [0.29, 0.717) is 24.7 Å². The Kier molecular flexibility index (Phi) is 9.55. The second-order valence-electron chi connectivity index (χ2n) is 5.21. The molecule has 3 N–H and O–H groups in total. The summed E-state index contributed by atoms with van der Waals surface area (Å²) in [5, 5.41) is 16.5. The monoisotopic (exact) mass is 475 g/mol. The van der Waals surface area contributed by atoms with Crippen molar-refractivity contribution in [2.24, 2.45) is 4.99 Å². The van der Waals surface area contributed by atoms with E-state index in [0.717, 1.165) is 12.2 Å². The molecule has 0 atom stereocenters. The van der Waals surface area contributed by atoms with Crippen molar-refractivity contribution in [2.45, 2.75) is 19.9 Å². The van der Waals surface area contributed by atoms with Crippen LogP contribution in [-0.4, -0.2) is 46.8 Å². The third-order valence-electron chi connectivity index (χ3n) is 3.41. The molecule has 10 heteroatoms. The van der Waals surface area contributed by atoms with Gasteiger partial charge in [-0.15, -0.1) is 34.2 Å². The van der Waals surface area contributed by atoms with Crippen LogP contribution in [0.25, 0.3) is 0 Å². The van der Waals surface area contributed by atoms with E-state index in [9.17, 15) is 9.18 Å². The lowest BCUT2D eigenvalue weighted by atomic mass is 10.3. The number of aryl methyl sites for hydroxylation is 1. The molecule has 0 radical (unpaired) electrons. The molecule has 0 aliphatic carbocycles. The summed E-state index contributed by atoms with van der Waals surface area (Å²) in [5.41, 5.74) is 0.412. The molecule has 142 valence electrons. The maximum absolute atomic E-state index is 13.1. The first-order chi connectivity index (χ1) is 12.1. The number of amides is 1. The van der Waals surface area contributed by atoms with Crippen LogP contribution in [0.3, 0.4) is 0 Å². The minimum Gasteiger partial charge on any atom is -0.355 e. The highest BCUT2D eigenvalue weighted by atomic mass is 127. The first-order valence-electron chi connectivity index (χ1n) is 7.99. The number of aliphatic imine (C=N–C) groups is 1. The highest BCUT2D eigenvalue weighted by Gasteiger charge is 2.06. The second-order valence-corrected chi connectivity index (χ2v) is 5.21. The van der Waals surface area contributed by atoms with Crippen LogP contribution >= 0.6 is 24.0 Å². The number of rotatable bonds is 7. The van der Waals surface area contributed by atoms with E-state index < -0.39 is 5.82 Å². The van der Waals surface area contributed by atoms with Crippen molar-refractivity contribution < 1.29 is 9.18 Å². The number of anilines is 1. The average molecular weight is 475 g/mol. The summed E-state index contributed by atoms with van der Waals surface area (Å²) in [4.78, 5) is 15.9. The Balaban J connectivity index is 0.00000338. The van der Waals surface area contributed by atoms with E-state index in [1.807, 2.05) is 11.5 Å². The molecule has 0 bridgehead atoms. The molecule has 0 spiro atoms. The van der Waals surface area contributed by atoms with Crippen molar-refractivity contribution >= 4 is 41.5 Å². The summed E-state index contributed by atoms with van der Waals surface area (Å²) in [6, 6.07) is 5.74. The van der Waals surface area contributed by atoms with Crippen LogP contribution < -0.4 is 16.0 Å². The standard InChI is InChI=1S/C16H22FN7O.HI/c1-3-14-23-21-11-24(14)8-7-19-16(18-2)20-10-15(25)22-13-6-4-5-12(17)9-13;/h4-6,9,11H,3,7-8,10H2,1-2H3,(H,22,25)(H2,18,19,20);1H. The van der Waals surface area contributed by atoms with Gasteiger partial charge in [0.1, 0.15) is 18.0 Å². The topological polar surface area (TPSA) is 96.2 Å². The van der Waals surface area contributed by atoms with Crippen molar-refractivity contribution in [3.8, 4) is 0 Å². The number of carbonyl (C=O) groups is 1. The van der Waals surface area contributed by atoms with Crippen LogP contribution in [0.2, 0.25) is 0 Å². The molecule has 0 aliphatic heterocycles. The quantitative estimate of drug-likeness (QED) is 0.320. The highest BCUT2D eigenvalue weighted by molar-refractivity contribution is 14.0. The van der Waals surface area contributed by atoms with Crippen LogP contribution in [0.15, 0.2) is 35.6 Å². The van der Waals surface area contributed by atoms with E-state index in [-0.39, 0.29) is 36.4 Å². The number of benzene rings is 1. The number of hydrogen-bond acceptors (Lipinski definition) is 4. The van der Waals surface area contributed by atoms with Gasteiger partial charge < -0.3 is 20.5 Å². The van der Waals surface area contributed by atoms with Gasteiger partial charge in [-0.2, -0.15) is 0 Å². The summed E-state index contributed by atoms with van der Waals surface area (Å²) >= 11 is 0. The van der Waals surface area contributed by atoms with Crippen molar-refractivity contribution in [3.63, 3.8) is 0 Å². The van der Waals surface area contributed by atoms with Crippen molar-refractivity contribution in [2.75, 3.05) is 25.5 Å². The Morgan fingerprint density at radius 2 is 2.15 bits per heavy atom. The minimum atomic E-state index is -0.399. The third kappa shape index (κ3) is 6.94. The van der Waals surface area contributed by atoms with Gasteiger partial charge in [-0.1, -0.05) is 13.0 Å². The molecule has 1 aromatic heterocycles. The normalized spacial score (nSPS) is 10.8. The zero-order valence-electron chi connectivity index (χ0n) is 14.7. The van der Waals surface area contributed by atoms with E-state index in [1.165, 1.54) is 18.2 Å². The smallest absolute Gasteiger partial charge is 0.243 e. The molecular weight excluding hydrogens is 452 g/mol. The predicted molar refractivity (Wildman–Crippen MR) is 109 cm³/mol. The summed E-state index contributed by atoms with van der Waals surface area (Å²) in [6.07, 6.45) is 2.50. The summed E-state index contributed by atoms with van der Waals surface area (Å²) in [6.45, 7) is 3.33. The number of halogens is 2. The average Bonchev–Trinajstić information content (AvgIpc) is 3.05. The Bertz CT molecular complexity index is 735. The van der Waals surface area contributed by atoms with E-state index in [4.69, 9.17) is 0 Å². The van der Waals surface area contributed by atoms with Crippen molar-refractivity contribution in [1.82, 2.24) is 25.4 Å². The predicted octanol–water partition coefficient (Wildman–Crippen LogP) is 1.40. The Morgan fingerprint density at radius 1 is 1.35 bits per heavy atom. The molecule has 0 saturated heterocycles. The SMILES string of the molecule is CCc1nncn1CCNC(=NC)NCC(=O)Nc1cccc(F)c1.I. The number of aromatic nitrogens is 3. The van der Waals surface area contributed by atoms with Gasteiger partial charge in [-0.25, -0.2) is 4.39 Å². The lowest BCUT2D eigenvalue weighted by molar-refractivity contribution is -0.115. The van der Waals surface area contributed by atoms with Gasteiger partial charge >= 0.3 is 0 Å². The van der Waals surface area contributed by atoms with Crippen LogP contribution in [0.4, 0.5) is 10.1 Å². The summed E-state index contributed by atoms with van der Waals surface area (Å²) in [5.74, 6) is 0.726. The molecule has 0 aliphatic rings. The highest BCUT2D eigenvalue weighted by Crippen LogP contribution is 2.08. The van der Waals surface area contributed by atoms with Crippen molar-refractivity contribution in [3.05, 3.63) is 42.2 Å². The van der Waals surface area contributed by atoms with Crippen LogP contribution in [0.1, 0.15) is 12.7 Å². The third-order valence-corrected chi connectivity index (χ3v) is 3.41. The van der Waals surface area contributed by atoms with Crippen LogP contribution in [0, 0.1) is 5.82 Å². The molecular formula is C16H23FIN7O. The van der Waals surface area contributed by atoms with Gasteiger partial charge in [0.2, 0.25) is 5.91 Å². The molecule has 1 aromatic carbocycles. The maximum Gasteiger partial charge on any atom is 0.243 e. The summed E-state index contributed by atoms with van der Waals surface area (Å²) in [7, 11) is 1.62.